The summed E-state index contributed by atoms with van der Waals surface area (Å²) < 4.78 is 5.67. The largest absolute Gasteiger partial charge is 0.504 e. The zero-order valence-corrected chi connectivity index (χ0v) is 19.5. The second kappa shape index (κ2) is 9.09. The zero-order valence-electron chi connectivity index (χ0n) is 16.5. The van der Waals surface area contributed by atoms with Gasteiger partial charge in [0, 0.05) is 5.69 Å². The van der Waals surface area contributed by atoms with Crippen molar-refractivity contribution in [2.24, 2.45) is 0 Å². The predicted molar refractivity (Wildman–Crippen MR) is 125 cm³/mol. The third kappa shape index (κ3) is 4.78. The summed E-state index contributed by atoms with van der Waals surface area (Å²) in [5, 5.41) is 12.1. The van der Waals surface area contributed by atoms with E-state index in [1.165, 1.54) is 13.2 Å². The number of nitrogens with one attached hydrogen (secondary N) is 1. The van der Waals surface area contributed by atoms with Gasteiger partial charge in [0.15, 0.2) is 11.5 Å². The number of thioether (sulfide) groups is 1. The number of methoxy groups -OCH3 is 1. The van der Waals surface area contributed by atoms with Crippen LogP contribution in [0.2, 0.25) is 0 Å². The average molecular weight is 538 g/mol. The van der Waals surface area contributed by atoms with E-state index in [0.29, 0.717) is 14.8 Å². The molecule has 0 saturated carbocycles. The van der Waals surface area contributed by atoms with Gasteiger partial charge in [0.25, 0.3) is 11.1 Å². The van der Waals surface area contributed by atoms with Crippen LogP contribution in [0.1, 0.15) is 16.7 Å². The van der Waals surface area contributed by atoms with Crippen molar-refractivity contribution in [3.63, 3.8) is 0 Å². The zero-order chi connectivity index (χ0) is 22.0. The highest BCUT2D eigenvalue weighted by atomic mass is 127. The van der Waals surface area contributed by atoms with Crippen molar-refractivity contribution in [2.45, 2.75) is 13.8 Å². The molecule has 1 aliphatic rings. The van der Waals surface area contributed by atoms with Crippen molar-refractivity contribution in [2.75, 3.05) is 19.0 Å². The number of amides is 3. The Morgan fingerprint density at radius 2 is 1.97 bits per heavy atom. The number of ether oxygens (including phenoxy) is 1. The van der Waals surface area contributed by atoms with E-state index in [-0.39, 0.29) is 22.9 Å². The average Bonchev–Trinajstić information content (AvgIpc) is 2.94. The number of carbonyl (C=O) groups is 3. The summed E-state index contributed by atoms with van der Waals surface area (Å²) in [6, 6.07) is 8.73. The van der Waals surface area contributed by atoms with Gasteiger partial charge in [-0.25, -0.2) is 0 Å². The van der Waals surface area contributed by atoms with Gasteiger partial charge in [0.2, 0.25) is 5.91 Å². The Balaban J connectivity index is 1.74. The Morgan fingerprint density at radius 1 is 1.23 bits per heavy atom. The van der Waals surface area contributed by atoms with Crippen LogP contribution in [0.25, 0.3) is 6.08 Å². The molecule has 1 aliphatic heterocycles. The molecule has 1 fully saturated rings. The lowest BCUT2D eigenvalue weighted by Crippen LogP contribution is -2.36. The number of rotatable bonds is 5. The molecule has 7 nitrogen and oxygen atoms in total. The number of nitrogens with zero attached hydrogens (tertiary/aromatic N) is 1. The topological polar surface area (TPSA) is 95.9 Å². The molecule has 0 radical (unpaired) electrons. The molecule has 0 atom stereocenters. The minimum absolute atomic E-state index is 0.00590. The van der Waals surface area contributed by atoms with Crippen LogP contribution in [-0.2, 0) is 9.59 Å². The number of hydrogen-bond acceptors (Lipinski definition) is 6. The summed E-state index contributed by atoms with van der Waals surface area (Å²) in [5.74, 6) is -0.726. The highest BCUT2D eigenvalue weighted by Gasteiger charge is 2.36. The molecule has 30 heavy (non-hydrogen) atoms. The van der Waals surface area contributed by atoms with Crippen molar-refractivity contribution in [1.29, 1.82) is 0 Å². The SMILES string of the molecule is COc1cc(/C=C2/SC(=O)N(CC(=O)Nc3ccc(C)c(C)c3)C2=O)cc(I)c1O. The molecule has 9 heteroatoms. The summed E-state index contributed by atoms with van der Waals surface area (Å²) in [6.07, 6.45) is 1.54. The monoisotopic (exact) mass is 538 g/mol. The summed E-state index contributed by atoms with van der Waals surface area (Å²) in [7, 11) is 1.43. The molecule has 2 aromatic carbocycles. The van der Waals surface area contributed by atoms with Gasteiger partial charge >= 0.3 is 0 Å². The lowest BCUT2D eigenvalue weighted by Gasteiger charge is -2.13. The van der Waals surface area contributed by atoms with Crippen LogP contribution in [0.15, 0.2) is 35.2 Å². The van der Waals surface area contributed by atoms with Gasteiger partial charge in [0.05, 0.1) is 15.6 Å². The molecular weight excluding hydrogens is 519 g/mol. The van der Waals surface area contributed by atoms with Crippen LogP contribution in [0.4, 0.5) is 10.5 Å². The number of aryl methyl sites for hydroxylation is 2. The van der Waals surface area contributed by atoms with E-state index in [4.69, 9.17) is 4.74 Å². The number of phenols is 1. The van der Waals surface area contributed by atoms with E-state index in [2.05, 4.69) is 5.32 Å². The fourth-order valence-electron chi connectivity index (χ4n) is 2.78. The maximum absolute atomic E-state index is 12.7. The van der Waals surface area contributed by atoms with Crippen LogP contribution in [0.5, 0.6) is 11.5 Å². The second-order valence-corrected chi connectivity index (χ2v) is 8.82. The molecule has 1 heterocycles. The Morgan fingerprint density at radius 3 is 2.63 bits per heavy atom. The second-order valence-electron chi connectivity index (χ2n) is 6.67. The van der Waals surface area contributed by atoms with Crippen LogP contribution < -0.4 is 10.1 Å². The van der Waals surface area contributed by atoms with Gasteiger partial charge in [0.1, 0.15) is 6.54 Å². The van der Waals surface area contributed by atoms with E-state index < -0.39 is 17.1 Å². The first-order chi connectivity index (χ1) is 14.2. The highest BCUT2D eigenvalue weighted by molar-refractivity contribution is 14.1. The first kappa shape index (κ1) is 22.2. The van der Waals surface area contributed by atoms with Crippen molar-refractivity contribution in [1.82, 2.24) is 4.90 Å². The van der Waals surface area contributed by atoms with Gasteiger partial charge in [-0.3, -0.25) is 19.3 Å². The summed E-state index contributed by atoms with van der Waals surface area (Å²) in [5.41, 5.74) is 3.33. The van der Waals surface area contributed by atoms with Gasteiger partial charge in [-0.05, 0) is 95.2 Å². The number of aromatic hydroxyl groups is 1. The first-order valence-electron chi connectivity index (χ1n) is 8.88. The van der Waals surface area contributed by atoms with Crippen molar-refractivity contribution < 1.29 is 24.2 Å². The third-order valence-electron chi connectivity index (χ3n) is 4.53. The standard InChI is InChI=1S/C21H19IN2O5S/c1-11-4-5-14(6-12(11)2)23-18(25)10-24-20(27)17(30-21(24)28)9-13-7-15(22)19(26)16(8-13)29-3/h4-9,26H,10H2,1-3H3,(H,23,25)/b17-9+. The summed E-state index contributed by atoms with van der Waals surface area (Å²) in [4.78, 5) is 38.4. The van der Waals surface area contributed by atoms with E-state index in [0.717, 1.165) is 27.8 Å². The van der Waals surface area contributed by atoms with E-state index in [1.54, 1.807) is 18.2 Å². The number of phenolic OH excluding ortho intramolecular Hbond substituents is 1. The third-order valence-corrected chi connectivity index (χ3v) is 6.26. The quantitative estimate of drug-likeness (QED) is 0.436. The number of carbonyl (C=O) groups excluding carboxylic acids is 3. The number of hydrogen-bond donors (Lipinski definition) is 2. The molecule has 3 amide bonds. The number of imide groups is 1. The van der Waals surface area contributed by atoms with Crippen LogP contribution in [0, 0.1) is 17.4 Å². The van der Waals surface area contributed by atoms with E-state index in [1.807, 2.05) is 48.6 Å². The van der Waals surface area contributed by atoms with E-state index >= 15 is 0 Å². The van der Waals surface area contributed by atoms with Gasteiger partial charge in [-0.1, -0.05) is 6.07 Å². The van der Waals surface area contributed by atoms with Crippen molar-refractivity contribution >= 4 is 63.2 Å². The van der Waals surface area contributed by atoms with Crippen LogP contribution >= 0.6 is 34.4 Å². The Bertz CT molecular complexity index is 1080. The van der Waals surface area contributed by atoms with E-state index in [9.17, 15) is 19.5 Å². The Kier molecular flexibility index (Phi) is 6.71. The minimum Gasteiger partial charge on any atom is -0.504 e. The molecule has 0 spiro atoms. The van der Waals surface area contributed by atoms with Crippen molar-refractivity contribution in [3.05, 3.63) is 55.5 Å². The minimum atomic E-state index is -0.540. The molecule has 0 aliphatic carbocycles. The Labute approximate surface area is 191 Å². The number of benzene rings is 2. The molecule has 2 N–H and O–H groups in total. The smallest absolute Gasteiger partial charge is 0.294 e. The fourth-order valence-corrected chi connectivity index (χ4v) is 4.25. The lowest BCUT2D eigenvalue weighted by molar-refractivity contribution is -0.127. The molecule has 3 rings (SSSR count). The molecule has 0 bridgehead atoms. The van der Waals surface area contributed by atoms with Crippen LogP contribution in [-0.4, -0.2) is 40.7 Å². The molecular formula is C21H19IN2O5S. The molecule has 156 valence electrons. The molecule has 0 unspecified atom stereocenters. The van der Waals surface area contributed by atoms with Crippen LogP contribution in [0.3, 0.4) is 0 Å². The molecule has 2 aromatic rings. The highest BCUT2D eigenvalue weighted by Crippen LogP contribution is 2.36. The van der Waals surface area contributed by atoms with Gasteiger partial charge in [-0.15, -0.1) is 0 Å². The normalized spacial score (nSPS) is 15.1. The van der Waals surface area contributed by atoms with Gasteiger partial charge in [-0.2, -0.15) is 0 Å². The fraction of sp³-hybridized carbons (Fsp3) is 0.190. The number of anilines is 1. The van der Waals surface area contributed by atoms with Crippen molar-refractivity contribution in [3.8, 4) is 11.5 Å². The lowest BCUT2D eigenvalue weighted by atomic mass is 10.1. The van der Waals surface area contributed by atoms with Gasteiger partial charge < -0.3 is 15.2 Å². The molecule has 1 saturated heterocycles. The Hall–Kier alpha value is -2.53. The number of halogens is 1. The molecule has 0 aromatic heterocycles. The summed E-state index contributed by atoms with van der Waals surface area (Å²) in [6.45, 7) is 3.54. The maximum atomic E-state index is 12.7. The first-order valence-corrected chi connectivity index (χ1v) is 10.8. The summed E-state index contributed by atoms with van der Waals surface area (Å²) >= 11 is 2.71. The maximum Gasteiger partial charge on any atom is 0.294 e. The predicted octanol–water partition coefficient (Wildman–Crippen LogP) is 4.30.